The Morgan fingerprint density at radius 3 is 2.89 bits per heavy atom. The van der Waals surface area contributed by atoms with E-state index in [0.717, 1.165) is 22.9 Å². The average Bonchev–Trinajstić information content (AvgIpc) is 2.42. The predicted octanol–water partition coefficient (Wildman–Crippen LogP) is 3.11. The van der Waals surface area contributed by atoms with Crippen LogP contribution in [0.4, 0.5) is 0 Å². The van der Waals surface area contributed by atoms with Crippen LogP contribution in [0.1, 0.15) is 30.9 Å². The molecule has 2 atom stereocenters. The van der Waals surface area contributed by atoms with Crippen LogP contribution in [-0.4, -0.2) is 23.9 Å². The van der Waals surface area contributed by atoms with Crippen molar-refractivity contribution in [3.05, 3.63) is 33.3 Å². The van der Waals surface area contributed by atoms with E-state index in [1.807, 2.05) is 18.2 Å². The number of likely N-dealkylation sites (tertiary alicyclic amines) is 1. The van der Waals surface area contributed by atoms with Crippen molar-refractivity contribution in [2.45, 2.75) is 31.3 Å². The normalized spacial score (nSPS) is 25.1. The molecule has 0 radical (unpaired) electrons. The van der Waals surface area contributed by atoms with E-state index >= 15 is 0 Å². The molecule has 1 aromatic carbocycles. The van der Waals surface area contributed by atoms with Crippen LogP contribution in [0.3, 0.4) is 0 Å². The van der Waals surface area contributed by atoms with E-state index < -0.39 is 0 Å². The lowest BCUT2D eigenvalue weighted by Crippen LogP contribution is -2.39. The van der Waals surface area contributed by atoms with Gasteiger partial charge in [-0.2, -0.15) is 0 Å². The zero-order valence-electron chi connectivity index (χ0n) is 10.2. The summed E-state index contributed by atoms with van der Waals surface area (Å²) in [6.45, 7) is 0. The van der Waals surface area contributed by atoms with E-state index in [1.165, 1.54) is 0 Å². The summed E-state index contributed by atoms with van der Waals surface area (Å²) in [5.41, 5.74) is 7.13. The maximum Gasteiger partial charge on any atom is 0.222 e. The molecule has 3 nitrogen and oxygen atoms in total. The molecule has 2 rings (SSSR count). The van der Waals surface area contributed by atoms with Crippen molar-refractivity contribution in [2.24, 2.45) is 5.73 Å². The summed E-state index contributed by atoms with van der Waals surface area (Å²) < 4.78 is 0.924. The Morgan fingerprint density at radius 2 is 2.22 bits per heavy atom. The first-order valence-electron chi connectivity index (χ1n) is 5.97. The maximum atomic E-state index is 11.9. The molecule has 0 aliphatic carbocycles. The zero-order valence-corrected chi connectivity index (χ0v) is 12.5. The first-order valence-corrected chi connectivity index (χ1v) is 7.14. The second kappa shape index (κ2) is 5.59. The number of hydrogen-bond donors (Lipinski definition) is 1. The van der Waals surface area contributed by atoms with Gasteiger partial charge < -0.3 is 10.6 Å². The average molecular weight is 332 g/mol. The third-order valence-corrected chi connectivity index (χ3v) is 4.25. The van der Waals surface area contributed by atoms with Crippen LogP contribution in [0.15, 0.2) is 22.7 Å². The third kappa shape index (κ3) is 2.71. The zero-order chi connectivity index (χ0) is 13.3. The Balaban J connectivity index is 2.41. The van der Waals surface area contributed by atoms with Crippen molar-refractivity contribution in [3.63, 3.8) is 0 Å². The molecule has 2 unspecified atom stereocenters. The lowest BCUT2D eigenvalue weighted by atomic mass is 9.96. The lowest BCUT2D eigenvalue weighted by molar-refractivity contribution is -0.131. The summed E-state index contributed by atoms with van der Waals surface area (Å²) in [5, 5.41) is 0.645. The molecule has 0 aromatic heterocycles. The van der Waals surface area contributed by atoms with Crippen LogP contribution in [0.25, 0.3) is 0 Å². The van der Waals surface area contributed by atoms with Crippen LogP contribution in [0.5, 0.6) is 0 Å². The summed E-state index contributed by atoms with van der Waals surface area (Å²) in [6, 6.07) is 5.50. The molecule has 1 fully saturated rings. The van der Waals surface area contributed by atoms with Gasteiger partial charge in [0.1, 0.15) is 0 Å². The van der Waals surface area contributed by atoms with Gasteiger partial charge in [0, 0.05) is 29.0 Å². The number of rotatable bonds is 1. The van der Waals surface area contributed by atoms with E-state index in [-0.39, 0.29) is 18.0 Å². The molecule has 5 heteroatoms. The molecular weight excluding hydrogens is 316 g/mol. The van der Waals surface area contributed by atoms with Crippen LogP contribution in [0.2, 0.25) is 5.02 Å². The topological polar surface area (TPSA) is 46.3 Å². The highest BCUT2D eigenvalue weighted by Gasteiger charge is 2.31. The highest BCUT2D eigenvalue weighted by molar-refractivity contribution is 9.10. The van der Waals surface area contributed by atoms with Crippen molar-refractivity contribution < 1.29 is 4.79 Å². The van der Waals surface area contributed by atoms with Gasteiger partial charge in [-0.3, -0.25) is 4.79 Å². The smallest absolute Gasteiger partial charge is 0.222 e. The minimum absolute atomic E-state index is 0.0693. The quantitative estimate of drug-likeness (QED) is 0.859. The van der Waals surface area contributed by atoms with Crippen LogP contribution in [-0.2, 0) is 4.79 Å². The molecule has 1 amide bonds. The fraction of sp³-hybridized carbons (Fsp3) is 0.462. The highest BCUT2D eigenvalue weighted by atomic mass is 79.9. The van der Waals surface area contributed by atoms with Gasteiger partial charge in [0.2, 0.25) is 5.91 Å². The molecule has 18 heavy (non-hydrogen) atoms. The van der Waals surface area contributed by atoms with Crippen LogP contribution in [0, 0.1) is 0 Å². The van der Waals surface area contributed by atoms with Crippen LogP contribution < -0.4 is 5.73 Å². The Morgan fingerprint density at radius 1 is 1.50 bits per heavy atom. The Kier molecular flexibility index (Phi) is 4.30. The van der Waals surface area contributed by atoms with E-state index in [9.17, 15) is 4.79 Å². The van der Waals surface area contributed by atoms with Gasteiger partial charge in [-0.1, -0.05) is 33.6 Å². The Labute approximate surface area is 120 Å². The summed E-state index contributed by atoms with van der Waals surface area (Å²) in [5.74, 6) is 0.131. The van der Waals surface area contributed by atoms with Gasteiger partial charge in [0.05, 0.1) is 6.04 Å². The molecule has 1 aliphatic rings. The van der Waals surface area contributed by atoms with Gasteiger partial charge in [-0.05, 0) is 30.5 Å². The number of likely N-dealkylation sites (N-methyl/N-ethyl adjacent to an activating group) is 1. The predicted molar refractivity (Wildman–Crippen MR) is 76.5 cm³/mol. The molecule has 1 heterocycles. The second-order valence-electron chi connectivity index (χ2n) is 4.67. The van der Waals surface area contributed by atoms with Gasteiger partial charge >= 0.3 is 0 Å². The standard InChI is InChI=1S/C13H16BrClN2O/c1-17-12(18)4-2-3-11(16)13(17)9-6-5-8(14)7-10(9)15/h5-7,11,13H,2-4,16H2,1H3. The molecule has 0 saturated carbocycles. The van der Waals surface area contributed by atoms with Crippen molar-refractivity contribution in [1.82, 2.24) is 4.90 Å². The minimum atomic E-state index is -0.138. The van der Waals surface area contributed by atoms with E-state index in [2.05, 4.69) is 15.9 Å². The molecule has 0 bridgehead atoms. The van der Waals surface area contributed by atoms with Crippen LogP contribution >= 0.6 is 27.5 Å². The number of amides is 1. The monoisotopic (exact) mass is 330 g/mol. The first kappa shape index (κ1) is 13.8. The molecular formula is C13H16BrClN2O. The summed E-state index contributed by atoms with van der Waals surface area (Å²) in [7, 11) is 1.80. The van der Waals surface area contributed by atoms with Gasteiger partial charge in [0.15, 0.2) is 0 Å². The number of nitrogens with zero attached hydrogens (tertiary/aromatic N) is 1. The fourth-order valence-corrected chi connectivity index (χ4v) is 3.23. The molecule has 0 spiro atoms. The summed E-state index contributed by atoms with van der Waals surface area (Å²) >= 11 is 9.65. The SMILES string of the molecule is CN1C(=O)CCCC(N)C1c1ccc(Br)cc1Cl. The van der Waals surface area contributed by atoms with E-state index in [4.69, 9.17) is 17.3 Å². The number of hydrogen-bond acceptors (Lipinski definition) is 2. The summed E-state index contributed by atoms with van der Waals surface area (Å²) in [4.78, 5) is 13.7. The summed E-state index contributed by atoms with van der Waals surface area (Å²) in [6.07, 6.45) is 2.25. The highest BCUT2D eigenvalue weighted by Crippen LogP contribution is 2.34. The number of nitrogens with two attached hydrogens (primary N) is 1. The van der Waals surface area contributed by atoms with Gasteiger partial charge in [0.25, 0.3) is 0 Å². The molecule has 1 saturated heterocycles. The Hall–Kier alpha value is -0.580. The van der Waals surface area contributed by atoms with E-state index in [0.29, 0.717) is 11.4 Å². The molecule has 1 aliphatic heterocycles. The van der Waals surface area contributed by atoms with E-state index in [1.54, 1.807) is 11.9 Å². The number of benzene rings is 1. The number of halogens is 2. The maximum absolute atomic E-state index is 11.9. The third-order valence-electron chi connectivity index (χ3n) is 3.43. The fourth-order valence-electron chi connectivity index (χ4n) is 2.45. The van der Waals surface area contributed by atoms with Crippen molar-refractivity contribution in [2.75, 3.05) is 7.05 Å². The second-order valence-corrected chi connectivity index (χ2v) is 5.99. The minimum Gasteiger partial charge on any atom is -0.337 e. The molecule has 2 N–H and O–H groups in total. The lowest BCUT2D eigenvalue weighted by Gasteiger charge is -2.31. The van der Waals surface area contributed by atoms with Gasteiger partial charge in [-0.25, -0.2) is 0 Å². The van der Waals surface area contributed by atoms with Crippen molar-refractivity contribution in [3.8, 4) is 0 Å². The van der Waals surface area contributed by atoms with Crippen molar-refractivity contribution >= 4 is 33.4 Å². The first-order chi connectivity index (χ1) is 8.50. The largest absolute Gasteiger partial charge is 0.337 e. The number of carbonyl (C=O) groups excluding carboxylic acids is 1. The van der Waals surface area contributed by atoms with Gasteiger partial charge in [-0.15, -0.1) is 0 Å². The molecule has 1 aromatic rings. The Bertz CT molecular complexity index is 466. The molecule has 98 valence electrons. The number of carbonyl (C=O) groups is 1. The van der Waals surface area contributed by atoms with Crippen molar-refractivity contribution in [1.29, 1.82) is 0 Å².